The zero-order valence-corrected chi connectivity index (χ0v) is 13.9. The molecule has 0 spiro atoms. The van der Waals surface area contributed by atoms with Gasteiger partial charge in [-0.25, -0.2) is 4.39 Å². The van der Waals surface area contributed by atoms with Crippen LogP contribution in [0.15, 0.2) is 48.5 Å². The van der Waals surface area contributed by atoms with Gasteiger partial charge in [0.25, 0.3) is 5.91 Å². The second-order valence-corrected chi connectivity index (χ2v) is 6.00. The molecule has 126 valence electrons. The molecule has 1 unspecified atom stereocenters. The molecule has 2 aromatic rings. The van der Waals surface area contributed by atoms with E-state index in [1.54, 1.807) is 24.1 Å². The zero-order valence-electron chi connectivity index (χ0n) is 13.9. The summed E-state index contributed by atoms with van der Waals surface area (Å²) in [5.41, 5.74) is 1.22. The van der Waals surface area contributed by atoms with Crippen molar-refractivity contribution in [2.75, 3.05) is 33.8 Å². The standard InChI is InChI=1S/C19H21FN2O2/c1-21-10-11-22(19(23)16-8-3-4-9-17(16)20)13-18(21)14-6-5-7-15(12-14)24-2/h3-9,12,18H,10-11,13H2,1-2H3. The second kappa shape index (κ2) is 7.01. The molecule has 0 N–H and O–H groups in total. The normalized spacial score (nSPS) is 18.5. The van der Waals surface area contributed by atoms with Crippen LogP contribution in [0.2, 0.25) is 0 Å². The summed E-state index contributed by atoms with van der Waals surface area (Å²) in [6.45, 7) is 1.85. The van der Waals surface area contributed by atoms with Gasteiger partial charge in [0.2, 0.25) is 0 Å². The summed E-state index contributed by atoms with van der Waals surface area (Å²) in [5.74, 6) is 0.0620. The molecule has 24 heavy (non-hydrogen) atoms. The Morgan fingerprint density at radius 1 is 1.17 bits per heavy atom. The molecule has 3 rings (SSSR count). The van der Waals surface area contributed by atoms with E-state index in [2.05, 4.69) is 4.90 Å². The van der Waals surface area contributed by atoms with Gasteiger partial charge in [-0.05, 0) is 36.9 Å². The van der Waals surface area contributed by atoms with Crippen LogP contribution in [0.1, 0.15) is 22.0 Å². The van der Waals surface area contributed by atoms with Gasteiger partial charge in [0.15, 0.2) is 0 Å². The molecule has 0 saturated carbocycles. The van der Waals surface area contributed by atoms with Crippen LogP contribution in [0, 0.1) is 5.82 Å². The Morgan fingerprint density at radius 3 is 2.71 bits per heavy atom. The lowest BCUT2D eigenvalue weighted by Gasteiger charge is -2.39. The first-order valence-electron chi connectivity index (χ1n) is 7.98. The molecule has 1 aliphatic rings. The number of hydrogen-bond acceptors (Lipinski definition) is 3. The minimum absolute atomic E-state index is 0.0598. The molecular formula is C19H21FN2O2. The summed E-state index contributed by atoms with van der Waals surface area (Å²) in [6.07, 6.45) is 0. The van der Waals surface area contributed by atoms with Crippen LogP contribution in [0.4, 0.5) is 4.39 Å². The number of carbonyl (C=O) groups excluding carboxylic acids is 1. The molecule has 5 heteroatoms. The van der Waals surface area contributed by atoms with Gasteiger partial charge in [-0.2, -0.15) is 0 Å². The molecule has 2 aromatic carbocycles. The Kier molecular flexibility index (Phi) is 4.81. The highest BCUT2D eigenvalue weighted by molar-refractivity contribution is 5.94. The topological polar surface area (TPSA) is 32.8 Å². The molecular weight excluding hydrogens is 307 g/mol. The third kappa shape index (κ3) is 3.26. The first kappa shape index (κ1) is 16.5. The predicted octanol–water partition coefficient (Wildman–Crippen LogP) is 2.96. The molecule has 0 aliphatic carbocycles. The molecule has 0 bridgehead atoms. The van der Waals surface area contributed by atoms with E-state index in [1.165, 1.54) is 12.1 Å². The molecule has 1 aliphatic heterocycles. The number of nitrogens with zero attached hydrogens (tertiary/aromatic N) is 2. The van der Waals surface area contributed by atoms with Crippen LogP contribution >= 0.6 is 0 Å². The Labute approximate surface area is 141 Å². The number of carbonyl (C=O) groups is 1. The van der Waals surface area contributed by atoms with E-state index in [9.17, 15) is 9.18 Å². The summed E-state index contributed by atoms with van der Waals surface area (Å²) in [4.78, 5) is 16.6. The molecule has 4 nitrogen and oxygen atoms in total. The fraction of sp³-hybridized carbons (Fsp3) is 0.316. The minimum atomic E-state index is -0.473. The molecule has 1 amide bonds. The van der Waals surface area contributed by atoms with Crippen LogP contribution in [0.3, 0.4) is 0 Å². The van der Waals surface area contributed by atoms with Crippen LogP contribution in [-0.2, 0) is 0 Å². The van der Waals surface area contributed by atoms with E-state index < -0.39 is 5.82 Å². The van der Waals surface area contributed by atoms with Gasteiger partial charge in [-0.15, -0.1) is 0 Å². The van der Waals surface area contributed by atoms with E-state index >= 15 is 0 Å². The first-order valence-corrected chi connectivity index (χ1v) is 7.98. The van der Waals surface area contributed by atoms with E-state index in [4.69, 9.17) is 4.74 Å². The number of benzene rings is 2. The monoisotopic (exact) mass is 328 g/mol. The highest BCUT2D eigenvalue weighted by Gasteiger charge is 2.30. The summed E-state index contributed by atoms with van der Waals surface area (Å²) in [6, 6.07) is 14.1. The first-order chi connectivity index (χ1) is 11.6. The molecule has 0 radical (unpaired) electrons. The Balaban J connectivity index is 1.83. The number of hydrogen-bond donors (Lipinski definition) is 0. The number of halogens is 1. The van der Waals surface area contributed by atoms with Crippen LogP contribution in [0.25, 0.3) is 0 Å². The molecule has 1 atom stereocenters. The van der Waals surface area contributed by atoms with Crippen molar-refractivity contribution in [1.29, 1.82) is 0 Å². The van der Waals surface area contributed by atoms with Crippen LogP contribution < -0.4 is 4.74 Å². The maximum Gasteiger partial charge on any atom is 0.256 e. The van der Waals surface area contributed by atoms with Gasteiger partial charge in [0.1, 0.15) is 11.6 Å². The van der Waals surface area contributed by atoms with Gasteiger partial charge >= 0.3 is 0 Å². The second-order valence-electron chi connectivity index (χ2n) is 6.00. The zero-order chi connectivity index (χ0) is 17.1. The maximum absolute atomic E-state index is 13.9. The number of rotatable bonds is 3. The van der Waals surface area contributed by atoms with Crippen molar-refractivity contribution >= 4 is 5.91 Å². The van der Waals surface area contributed by atoms with Gasteiger partial charge < -0.3 is 9.64 Å². The van der Waals surface area contributed by atoms with E-state index in [1.807, 2.05) is 31.3 Å². The largest absolute Gasteiger partial charge is 0.497 e. The van der Waals surface area contributed by atoms with Gasteiger partial charge in [0.05, 0.1) is 18.7 Å². The Morgan fingerprint density at radius 2 is 1.96 bits per heavy atom. The van der Waals surface area contributed by atoms with Gasteiger partial charge in [-0.3, -0.25) is 9.69 Å². The van der Waals surface area contributed by atoms with Crippen LogP contribution in [-0.4, -0.2) is 49.5 Å². The number of ether oxygens (including phenoxy) is 1. The quantitative estimate of drug-likeness (QED) is 0.868. The number of amides is 1. The molecule has 1 heterocycles. The summed E-state index contributed by atoms with van der Waals surface area (Å²) >= 11 is 0. The number of likely N-dealkylation sites (N-methyl/N-ethyl adjacent to an activating group) is 1. The molecule has 1 saturated heterocycles. The van der Waals surface area contributed by atoms with Crippen LogP contribution in [0.5, 0.6) is 5.75 Å². The number of piperazine rings is 1. The highest BCUT2D eigenvalue weighted by atomic mass is 19.1. The third-order valence-electron chi connectivity index (χ3n) is 4.52. The predicted molar refractivity (Wildman–Crippen MR) is 90.7 cm³/mol. The van der Waals surface area contributed by atoms with E-state index in [0.717, 1.165) is 17.9 Å². The maximum atomic E-state index is 13.9. The lowest BCUT2D eigenvalue weighted by Crippen LogP contribution is -2.49. The minimum Gasteiger partial charge on any atom is -0.497 e. The smallest absolute Gasteiger partial charge is 0.256 e. The SMILES string of the molecule is COc1cccc(C2CN(C(=O)c3ccccc3F)CCN2C)c1. The van der Waals surface area contributed by atoms with Crippen molar-refractivity contribution in [2.45, 2.75) is 6.04 Å². The number of methoxy groups -OCH3 is 1. The molecule has 0 aromatic heterocycles. The van der Waals surface area contributed by atoms with Crippen molar-refractivity contribution in [1.82, 2.24) is 9.80 Å². The van der Waals surface area contributed by atoms with Crippen molar-refractivity contribution < 1.29 is 13.9 Å². The third-order valence-corrected chi connectivity index (χ3v) is 4.52. The Bertz CT molecular complexity index is 735. The van der Waals surface area contributed by atoms with Crippen molar-refractivity contribution in [2.24, 2.45) is 0 Å². The fourth-order valence-electron chi connectivity index (χ4n) is 3.07. The summed E-state index contributed by atoms with van der Waals surface area (Å²) in [5, 5.41) is 0. The van der Waals surface area contributed by atoms with Gasteiger partial charge in [0, 0.05) is 19.6 Å². The molecule has 1 fully saturated rings. The van der Waals surface area contributed by atoms with E-state index in [-0.39, 0.29) is 17.5 Å². The lowest BCUT2D eigenvalue weighted by atomic mass is 10.0. The highest BCUT2D eigenvalue weighted by Crippen LogP contribution is 2.27. The van der Waals surface area contributed by atoms with Crippen molar-refractivity contribution in [3.05, 3.63) is 65.5 Å². The van der Waals surface area contributed by atoms with Gasteiger partial charge in [-0.1, -0.05) is 24.3 Å². The average molecular weight is 328 g/mol. The van der Waals surface area contributed by atoms with E-state index in [0.29, 0.717) is 13.1 Å². The average Bonchev–Trinajstić information content (AvgIpc) is 2.62. The lowest BCUT2D eigenvalue weighted by molar-refractivity contribution is 0.0541. The fourth-order valence-corrected chi connectivity index (χ4v) is 3.07. The summed E-state index contributed by atoms with van der Waals surface area (Å²) in [7, 11) is 3.67. The Hall–Kier alpha value is -2.40. The summed E-state index contributed by atoms with van der Waals surface area (Å²) < 4.78 is 19.2. The van der Waals surface area contributed by atoms with Crippen molar-refractivity contribution in [3.63, 3.8) is 0 Å². The van der Waals surface area contributed by atoms with Crippen molar-refractivity contribution in [3.8, 4) is 5.75 Å².